The Kier molecular flexibility index (Phi) is 11.4. The van der Waals surface area contributed by atoms with E-state index in [0.717, 1.165) is 12.7 Å². The van der Waals surface area contributed by atoms with Crippen LogP contribution in [0.3, 0.4) is 0 Å². The molecule has 0 bridgehead atoms. The molecular formula is C47H45B2-. The van der Waals surface area contributed by atoms with Gasteiger partial charge < -0.3 is 0 Å². The van der Waals surface area contributed by atoms with Gasteiger partial charge in [0.05, 0.1) is 6.15 Å². The number of rotatable bonds is 11. The van der Waals surface area contributed by atoms with Crippen molar-refractivity contribution in [3.63, 3.8) is 0 Å². The minimum atomic E-state index is -1.09. The van der Waals surface area contributed by atoms with Gasteiger partial charge in [-0.05, 0) is 23.1 Å². The highest BCUT2D eigenvalue weighted by atomic mass is 14.4. The van der Waals surface area contributed by atoms with Crippen molar-refractivity contribution < 1.29 is 0 Å². The van der Waals surface area contributed by atoms with E-state index in [0.29, 0.717) is 0 Å². The second kappa shape index (κ2) is 16.7. The molecule has 0 spiro atoms. The van der Waals surface area contributed by atoms with Crippen LogP contribution in [0, 0.1) is 0 Å². The van der Waals surface area contributed by atoms with Gasteiger partial charge in [-0.3, -0.25) is 0 Å². The molecule has 0 saturated carbocycles. The highest BCUT2D eigenvalue weighted by Gasteiger charge is 2.35. The van der Waals surface area contributed by atoms with Crippen molar-refractivity contribution in [2.75, 3.05) is 0 Å². The fourth-order valence-electron chi connectivity index (χ4n) is 7.79. The van der Waals surface area contributed by atoms with E-state index in [4.69, 9.17) is 0 Å². The monoisotopic (exact) mass is 631 g/mol. The predicted octanol–water partition coefficient (Wildman–Crippen LogP) is 8.79. The predicted molar refractivity (Wildman–Crippen MR) is 216 cm³/mol. The van der Waals surface area contributed by atoms with Gasteiger partial charge in [-0.15, -0.1) is 6.32 Å². The number of hydrogen-bond donors (Lipinski definition) is 0. The molecule has 0 heterocycles. The zero-order valence-electron chi connectivity index (χ0n) is 28.6. The molecule has 0 aromatic heterocycles. The fourth-order valence-corrected chi connectivity index (χ4v) is 7.79. The quantitative estimate of drug-likeness (QED) is 0.0990. The van der Waals surface area contributed by atoms with E-state index in [1.807, 2.05) is 0 Å². The van der Waals surface area contributed by atoms with E-state index < -0.39 is 6.15 Å². The van der Waals surface area contributed by atoms with Gasteiger partial charge in [0, 0.05) is 5.41 Å². The Morgan fingerprint density at radius 3 is 0.959 bits per heavy atom. The van der Waals surface area contributed by atoms with Crippen LogP contribution in [0.2, 0.25) is 6.32 Å². The van der Waals surface area contributed by atoms with Gasteiger partial charge in [-0.1, -0.05) is 231 Å². The summed E-state index contributed by atoms with van der Waals surface area (Å²) in [4.78, 5) is 0. The molecule has 0 radical (unpaired) electrons. The fraction of sp³-hybridized carbons (Fsp3) is 0.106. The third-order valence-electron chi connectivity index (χ3n) is 10.2. The Balaban J connectivity index is 0.000000171. The molecule has 0 atom stereocenters. The first-order chi connectivity index (χ1) is 24.3. The summed E-state index contributed by atoms with van der Waals surface area (Å²) in [5.41, 5.74) is 9.59. The van der Waals surface area contributed by atoms with Crippen molar-refractivity contribution in [2.45, 2.75) is 30.9 Å². The van der Waals surface area contributed by atoms with Gasteiger partial charge in [0.2, 0.25) is 0 Å². The van der Waals surface area contributed by atoms with Crippen LogP contribution in [0.5, 0.6) is 0 Å². The van der Waals surface area contributed by atoms with Crippen LogP contribution < -0.4 is 16.4 Å². The molecule has 0 saturated heterocycles. The van der Waals surface area contributed by atoms with E-state index in [9.17, 15) is 0 Å². The van der Waals surface area contributed by atoms with Crippen molar-refractivity contribution >= 4 is 30.4 Å². The summed E-state index contributed by atoms with van der Waals surface area (Å²) in [5, 5.41) is 0. The van der Waals surface area contributed by atoms with Crippen LogP contribution in [-0.2, 0) is 11.7 Å². The lowest BCUT2D eigenvalue weighted by Crippen LogP contribution is -2.68. The zero-order valence-corrected chi connectivity index (χ0v) is 28.6. The maximum Gasteiger partial charge on any atom is 0.101 e. The summed E-state index contributed by atoms with van der Waals surface area (Å²) in [6, 6.07) is 76.6. The Labute approximate surface area is 294 Å². The summed E-state index contributed by atoms with van der Waals surface area (Å²) in [7, 11) is 2.27. The Hall–Kier alpha value is -5.33. The standard InChI is InChI=1S/C25H22B.C22H23B/c1-5-13-22(14-6-1)21-26(23-15-7-2-8-16-23,24-17-9-3-10-18-24)25-19-11-4-12-20-25;23-18-10-17-22(19-11-4-1-5-12-19,20-13-6-2-7-14-20)21-15-8-3-9-16-21/h1-20H,21H2;1-9,11-16H,10,17-18,23H2/q-1;. The maximum atomic E-state index is 2.28. The normalized spacial score (nSPS) is 11.3. The first-order valence-corrected chi connectivity index (χ1v) is 17.8. The molecule has 7 rings (SSSR count). The largest absolute Gasteiger partial charge is 0.200 e. The van der Waals surface area contributed by atoms with Crippen molar-refractivity contribution in [2.24, 2.45) is 0 Å². The minimum absolute atomic E-state index is 0.0697. The van der Waals surface area contributed by atoms with Gasteiger partial charge >= 0.3 is 0 Å². The molecule has 0 nitrogen and oxygen atoms in total. The first-order valence-electron chi connectivity index (χ1n) is 17.8. The van der Waals surface area contributed by atoms with Crippen LogP contribution in [0.4, 0.5) is 0 Å². The molecule has 0 aliphatic rings. The number of benzene rings is 7. The van der Waals surface area contributed by atoms with E-state index in [-0.39, 0.29) is 5.41 Å². The molecule has 0 unspecified atom stereocenters. The summed E-state index contributed by atoms with van der Waals surface area (Å²) in [6.07, 6.45) is 3.43. The van der Waals surface area contributed by atoms with Gasteiger partial charge in [0.15, 0.2) is 0 Å². The van der Waals surface area contributed by atoms with Crippen LogP contribution in [0.25, 0.3) is 0 Å². The third kappa shape index (κ3) is 7.55. The lowest BCUT2D eigenvalue weighted by molar-refractivity contribution is 0.550. The van der Waals surface area contributed by atoms with Crippen molar-refractivity contribution in [1.82, 2.24) is 0 Å². The zero-order chi connectivity index (χ0) is 33.6. The summed E-state index contributed by atoms with van der Waals surface area (Å²) in [5.74, 6) is 0. The van der Waals surface area contributed by atoms with Gasteiger partial charge in [-0.25, -0.2) is 0 Å². The average molecular weight is 632 g/mol. The van der Waals surface area contributed by atoms with Crippen molar-refractivity contribution in [3.05, 3.63) is 235 Å². The Morgan fingerprint density at radius 1 is 0.367 bits per heavy atom. The molecule has 0 aliphatic heterocycles. The summed E-state index contributed by atoms with van der Waals surface area (Å²) in [6.45, 7) is 0. The molecule has 240 valence electrons. The Morgan fingerprint density at radius 2 is 0.653 bits per heavy atom. The average Bonchev–Trinajstić information content (AvgIpc) is 3.20. The molecule has 2 heteroatoms. The molecule has 0 aliphatic carbocycles. The molecule has 0 amide bonds. The van der Waals surface area contributed by atoms with Gasteiger partial charge in [-0.2, -0.15) is 16.4 Å². The minimum Gasteiger partial charge on any atom is -0.200 e. The highest BCUT2D eigenvalue weighted by Crippen LogP contribution is 2.43. The molecule has 0 N–H and O–H groups in total. The van der Waals surface area contributed by atoms with Crippen molar-refractivity contribution in [3.8, 4) is 0 Å². The Bertz CT molecular complexity index is 1740. The van der Waals surface area contributed by atoms with Gasteiger partial charge in [0.1, 0.15) is 7.85 Å². The summed E-state index contributed by atoms with van der Waals surface area (Å²) >= 11 is 0. The molecule has 7 aromatic rings. The number of hydrogen-bond acceptors (Lipinski definition) is 0. The van der Waals surface area contributed by atoms with Crippen molar-refractivity contribution in [1.29, 1.82) is 0 Å². The molecule has 0 fully saturated rings. The maximum absolute atomic E-state index is 2.28. The lowest BCUT2D eigenvalue weighted by atomic mass is 9.14. The van der Waals surface area contributed by atoms with E-state index in [2.05, 4.69) is 220 Å². The summed E-state index contributed by atoms with van der Waals surface area (Å²) < 4.78 is 0. The third-order valence-corrected chi connectivity index (χ3v) is 10.2. The SMILES string of the molecule is BCCCC(c1ccccc1)(c1ccccc1)c1ccccc1.c1ccc(C[B-](c2ccccc2)(c2ccccc2)c2ccccc2)cc1. The molecule has 7 aromatic carbocycles. The smallest absolute Gasteiger partial charge is 0.101 e. The second-order valence-electron chi connectivity index (χ2n) is 13.1. The van der Waals surface area contributed by atoms with E-state index in [1.165, 1.54) is 51.4 Å². The first kappa shape index (κ1) is 33.6. The van der Waals surface area contributed by atoms with Crippen LogP contribution in [0.15, 0.2) is 212 Å². The van der Waals surface area contributed by atoms with Gasteiger partial charge in [0.25, 0.3) is 0 Å². The molecule has 49 heavy (non-hydrogen) atoms. The van der Waals surface area contributed by atoms with Crippen LogP contribution >= 0.6 is 0 Å². The topological polar surface area (TPSA) is 0 Å². The van der Waals surface area contributed by atoms with Crippen LogP contribution in [-0.4, -0.2) is 14.0 Å². The molecular weight excluding hydrogens is 586 g/mol. The van der Waals surface area contributed by atoms with E-state index >= 15 is 0 Å². The van der Waals surface area contributed by atoms with E-state index in [1.54, 1.807) is 0 Å². The van der Waals surface area contributed by atoms with Crippen LogP contribution in [0.1, 0.15) is 35.1 Å². The highest BCUT2D eigenvalue weighted by molar-refractivity contribution is 7.11. The lowest BCUT2D eigenvalue weighted by Gasteiger charge is -2.43. The second-order valence-corrected chi connectivity index (χ2v) is 13.1.